The Hall–Kier alpha value is -3.34. The van der Waals surface area contributed by atoms with E-state index in [0.717, 1.165) is 36.8 Å². The molecule has 0 heterocycles. The zero-order chi connectivity index (χ0) is 26.4. The van der Waals surface area contributed by atoms with Gasteiger partial charge in [-0.3, -0.25) is 0 Å². The van der Waals surface area contributed by atoms with Gasteiger partial charge in [0.1, 0.15) is 0 Å². The summed E-state index contributed by atoms with van der Waals surface area (Å²) in [5, 5.41) is 0. The van der Waals surface area contributed by atoms with E-state index in [-0.39, 0.29) is 17.9 Å². The Balaban J connectivity index is 1.41. The quantitative estimate of drug-likeness (QED) is 0.151. The molecule has 0 aromatic heterocycles. The van der Waals surface area contributed by atoms with Crippen molar-refractivity contribution in [3.63, 3.8) is 0 Å². The fourth-order valence-corrected chi connectivity index (χ4v) is 4.65. The smallest absolute Gasteiger partial charge is 0.201 e. The fourth-order valence-electron chi connectivity index (χ4n) is 4.65. The summed E-state index contributed by atoms with van der Waals surface area (Å²) in [5.41, 5.74) is 3.12. The SMILES string of the molecule is C=CCCCOc1ccc(-c2ccc(CCc3ccc(C4=CCC(C)CC4)c(F)c3F)cc2)c(F)c1F. The molecule has 0 spiro atoms. The van der Waals surface area contributed by atoms with Crippen LogP contribution < -0.4 is 4.74 Å². The Kier molecular flexibility index (Phi) is 8.86. The summed E-state index contributed by atoms with van der Waals surface area (Å²) >= 11 is 0. The molecule has 0 saturated heterocycles. The second-order valence-corrected chi connectivity index (χ2v) is 9.72. The predicted molar refractivity (Wildman–Crippen MR) is 141 cm³/mol. The molecular formula is C32H32F4O. The average molecular weight is 509 g/mol. The maximum absolute atomic E-state index is 14.8. The van der Waals surface area contributed by atoms with E-state index in [1.807, 2.05) is 6.08 Å². The monoisotopic (exact) mass is 508 g/mol. The van der Waals surface area contributed by atoms with Crippen molar-refractivity contribution < 1.29 is 22.3 Å². The van der Waals surface area contributed by atoms with Crippen molar-refractivity contribution in [2.45, 2.75) is 51.9 Å². The molecule has 1 nitrogen and oxygen atoms in total. The van der Waals surface area contributed by atoms with Gasteiger partial charge in [-0.2, -0.15) is 4.39 Å². The molecule has 0 fully saturated rings. The van der Waals surface area contributed by atoms with Gasteiger partial charge in [-0.1, -0.05) is 55.5 Å². The zero-order valence-corrected chi connectivity index (χ0v) is 21.1. The first kappa shape index (κ1) is 26.7. The highest BCUT2D eigenvalue weighted by Crippen LogP contribution is 2.33. The van der Waals surface area contributed by atoms with Crippen molar-refractivity contribution in [1.82, 2.24) is 0 Å². The molecule has 3 aromatic rings. The summed E-state index contributed by atoms with van der Waals surface area (Å²) in [7, 11) is 0. The van der Waals surface area contributed by atoms with Crippen molar-refractivity contribution >= 4 is 5.57 Å². The van der Waals surface area contributed by atoms with Gasteiger partial charge in [0.2, 0.25) is 5.82 Å². The molecule has 0 saturated carbocycles. The molecule has 0 amide bonds. The molecule has 0 N–H and O–H groups in total. The number of allylic oxidation sites excluding steroid dienone is 3. The van der Waals surface area contributed by atoms with Gasteiger partial charge in [-0.25, -0.2) is 13.2 Å². The third-order valence-electron chi connectivity index (χ3n) is 6.99. The lowest BCUT2D eigenvalue weighted by Gasteiger charge is -2.19. The highest BCUT2D eigenvalue weighted by atomic mass is 19.2. The van der Waals surface area contributed by atoms with Crippen molar-refractivity contribution in [3.8, 4) is 16.9 Å². The standard InChI is InChI=1S/C32H32F4O/c1-3-4-5-20-37-28-19-18-27(31(35)32(28)36)24-13-8-22(9-14-24)10-15-25-16-17-26(30(34)29(25)33)23-11-6-21(2)7-12-23/h3,8-9,11,13-14,16-19,21H,1,4-7,10,12,15,20H2,2H3. The van der Waals surface area contributed by atoms with Crippen LogP contribution in [0, 0.1) is 29.2 Å². The Morgan fingerprint density at radius 1 is 0.865 bits per heavy atom. The van der Waals surface area contributed by atoms with Crippen molar-refractivity contribution in [2.75, 3.05) is 6.61 Å². The number of unbranched alkanes of at least 4 members (excludes halogenated alkanes) is 1. The van der Waals surface area contributed by atoms with Crippen molar-refractivity contribution in [2.24, 2.45) is 5.92 Å². The molecule has 5 heteroatoms. The number of halogens is 4. The van der Waals surface area contributed by atoms with E-state index in [2.05, 4.69) is 13.5 Å². The van der Waals surface area contributed by atoms with Crippen LogP contribution in [0.5, 0.6) is 5.75 Å². The maximum Gasteiger partial charge on any atom is 0.201 e. The van der Waals surface area contributed by atoms with E-state index < -0.39 is 23.3 Å². The average Bonchev–Trinajstić information content (AvgIpc) is 2.91. The highest BCUT2D eigenvalue weighted by molar-refractivity contribution is 5.67. The second kappa shape index (κ2) is 12.3. The summed E-state index contributed by atoms with van der Waals surface area (Å²) in [6.45, 7) is 6.06. The normalized spacial score (nSPS) is 15.4. The molecule has 1 aliphatic rings. The topological polar surface area (TPSA) is 9.23 Å². The van der Waals surface area contributed by atoms with Gasteiger partial charge in [-0.15, -0.1) is 6.58 Å². The van der Waals surface area contributed by atoms with Crippen molar-refractivity contribution in [3.05, 3.63) is 107 Å². The molecule has 194 valence electrons. The second-order valence-electron chi connectivity index (χ2n) is 9.72. The lowest BCUT2D eigenvalue weighted by molar-refractivity contribution is 0.291. The first-order chi connectivity index (χ1) is 17.9. The van der Waals surface area contributed by atoms with Crippen LogP contribution in [-0.2, 0) is 12.8 Å². The molecule has 37 heavy (non-hydrogen) atoms. The van der Waals surface area contributed by atoms with Crippen LogP contribution >= 0.6 is 0 Å². The number of benzene rings is 3. The maximum atomic E-state index is 14.8. The summed E-state index contributed by atoms with van der Waals surface area (Å²) in [6, 6.07) is 13.3. The molecule has 4 rings (SSSR count). The van der Waals surface area contributed by atoms with Crippen LogP contribution in [0.15, 0.2) is 67.3 Å². The van der Waals surface area contributed by atoms with Gasteiger partial charge in [-0.05, 0) is 85.3 Å². The largest absolute Gasteiger partial charge is 0.490 e. The Morgan fingerprint density at radius 3 is 2.30 bits per heavy atom. The summed E-state index contributed by atoms with van der Waals surface area (Å²) in [6.07, 6.45) is 8.63. The summed E-state index contributed by atoms with van der Waals surface area (Å²) in [4.78, 5) is 0. The Morgan fingerprint density at radius 2 is 1.59 bits per heavy atom. The molecule has 0 aliphatic heterocycles. The number of ether oxygens (including phenoxy) is 1. The minimum Gasteiger partial charge on any atom is -0.490 e. The van der Waals surface area contributed by atoms with E-state index in [1.54, 1.807) is 42.5 Å². The Bertz CT molecular complexity index is 1280. The molecule has 3 aromatic carbocycles. The van der Waals surface area contributed by atoms with Gasteiger partial charge in [0.05, 0.1) is 6.61 Å². The van der Waals surface area contributed by atoms with Crippen LogP contribution in [0.1, 0.15) is 55.7 Å². The van der Waals surface area contributed by atoms with E-state index in [1.165, 1.54) is 12.1 Å². The van der Waals surface area contributed by atoms with Gasteiger partial charge in [0.15, 0.2) is 23.2 Å². The molecular weight excluding hydrogens is 476 g/mol. The Labute approximate surface area is 216 Å². The van der Waals surface area contributed by atoms with Gasteiger partial charge < -0.3 is 4.74 Å². The summed E-state index contributed by atoms with van der Waals surface area (Å²) in [5.74, 6) is -3.09. The lowest BCUT2D eigenvalue weighted by Crippen LogP contribution is -2.05. The van der Waals surface area contributed by atoms with Crippen LogP contribution in [0.25, 0.3) is 16.7 Å². The van der Waals surface area contributed by atoms with E-state index in [4.69, 9.17) is 4.74 Å². The molecule has 1 aliphatic carbocycles. The number of hydrogen-bond donors (Lipinski definition) is 0. The highest BCUT2D eigenvalue weighted by Gasteiger charge is 2.19. The number of rotatable bonds is 10. The van der Waals surface area contributed by atoms with Crippen LogP contribution in [0.3, 0.4) is 0 Å². The molecule has 1 unspecified atom stereocenters. The van der Waals surface area contributed by atoms with E-state index in [9.17, 15) is 17.6 Å². The minimum absolute atomic E-state index is 0.114. The lowest BCUT2D eigenvalue weighted by atomic mass is 9.87. The zero-order valence-electron chi connectivity index (χ0n) is 21.1. The minimum atomic E-state index is -1.01. The molecule has 0 radical (unpaired) electrons. The van der Waals surface area contributed by atoms with Crippen LogP contribution in [-0.4, -0.2) is 6.61 Å². The van der Waals surface area contributed by atoms with Gasteiger partial charge in [0, 0.05) is 11.1 Å². The number of aryl methyl sites for hydroxylation is 2. The molecule has 0 bridgehead atoms. The van der Waals surface area contributed by atoms with Gasteiger partial charge >= 0.3 is 0 Å². The third kappa shape index (κ3) is 6.33. The van der Waals surface area contributed by atoms with Crippen LogP contribution in [0.2, 0.25) is 0 Å². The number of hydrogen-bond acceptors (Lipinski definition) is 1. The van der Waals surface area contributed by atoms with E-state index >= 15 is 0 Å². The first-order valence-corrected chi connectivity index (χ1v) is 12.9. The fraction of sp³-hybridized carbons (Fsp3) is 0.312. The summed E-state index contributed by atoms with van der Waals surface area (Å²) < 4.78 is 64.2. The van der Waals surface area contributed by atoms with Crippen molar-refractivity contribution in [1.29, 1.82) is 0 Å². The molecule has 1 atom stereocenters. The van der Waals surface area contributed by atoms with Crippen LogP contribution in [0.4, 0.5) is 17.6 Å². The predicted octanol–water partition coefficient (Wildman–Crippen LogP) is 9.24. The third-order valence-corrected chi connectivity index (χ3v) is 6.99. The van der Waals surface area contributed by atoms with E-state index in [0.29, 0.717) is 41.9 Å². The first-order valence-electron chi connectivity index (χ1n) is 12.9. The van der Waals surface area contributed by atoms with Gasteiger partial charge in [0.25, 0.3) is 0 Å².